The second kappa shape index (κ2) is 9.90. The summed E-state index contributed by atoms with van der Waals surface area (Å²) in [6, 6.07) is 10.8. The minimum absolute atomic E-state index is 0. The van der Waals surface area contributed by atoms with Crippen molar-refractivity contribution in [3.63, 3.8) is 0 Å². The zero-order valence-electron chi connectivity index (χ0n) is 16.0. The van der Waals surface area contributed by atoms with Crippen LogP contribution in [0.15, 0.2) is 48.5 Å². The molecule has 1 saturated heterocycles. The van der Waals surface area contributed by atoms with Crippen molar-refractivity contribution in [2.24, 2.45) is 0 Å². The summed E-state index contributed by atoms with van der Waals surface area (Å²) in [5.74, 6) is -0.0970. The van der Waals surface area contributed by atoms with E-state index in [2.05, 4.69) is 4.90 Å². The lowest BCUT2D eigenvalue weighted by molar-refractivity contribution is -0.384. The SMILES string of the molecule is Cl.O=C(CCN1CCN(c2cccc(C(F)(F)F)c2)CC1)c1ccc([N+](=O)[O-])cc1. The van der Waals surface area contributed by atoms with Crippen LogP contribution in [-0.4, -0.2) is 48.3 Å². The van der Waals surface area contributed by atoms with Crippen molar-refractivity contribution in [3.05, 3.63) is 69.8 Å². The lowest BCUT2D eigenvalue weighted by atomic mass is 10.1. The predicted molar refractivity (Wildman–Crippen MR) is 109 cm³/mol. The average Bonchev–Trinajstić information content (AvgIpc) is 2.72. The molecule has 1 aliphatic rings. The number of hydrogen-bond acceptors (Lipinski definition) is 5. The summed E-state index contributed by atoms with van der Waals surface area (Å²) in [6.45, 7) is 2.97. The molecule has 2 aromatic rings. The zero-order valence-corrected chi connectivity index (χ0v) is 16.8. The van der Waals surface area contributed by atoms with E-state index >= 15 is 0 Å². The van der Waals surface area contributed by atoms with Crippen molar-refractivity contribution < 1.29 is 22.9 Å². The van der Waals surface area contributed by atoms with Gasteiger partial charge in [-0.25, -0.2) is 0 Å². The van der Waals surface area contributed by atoms with Crippen LogP contribution in [0.1, 0.15) is 22.3 Å². The highest BCUT2D eigenvalue weighted by Gasteiger charge is 2.31. The summed E-state index contributed by atoms with van der Waals surface area (Å²) in [5.41, 5.74) is 0.248. The maximum absolute atomic E-state index is 12.9. The number of carbonyl (C=O) groups is 1. The monoisotopic (exact) mass is 443 g/mol. The molecule has 0 spiro atoms. The molecule has 0 unspecified atom stereocenters. The number of nitro groups is 1. The topological polar surface area (TPSA) is 66.7 Å². The molecule has 0 saturated carbocycles. The Hall–Kier alpha value is -2.65. The van der Waals surface area contributed by atoms with Crippen molar-refractivity contribution in [3.8, 4) is 0 Å². The van der Waals surface area contributed by atoms with Crippen molar-refractivity contribution in [2.45, 2.75) is 12.6 Å². The highest BCUT2D eigenvalue weighted by atomic mass is 35.5. The molecule has 0 aliphatic carbocycles. The van der Waals surface area contributed by atoms with Gasteiger partial charge in [-0.3, -0.25) is 19.8 Å². The third-order valence-corrected chi connectivity index (χ3v) is 4.97. The Morgan fingerprint density at radius 2 is 1.67 bits per heavy atom. The maximum Gasteiger partial charge on any atom is 0.416 e. The first kappa shape index (κ1) is 23.6. The van der Waals surface area contributed by atoms with Crippen molar-refractivity contribution in [1.29, 1.82) is 0 Å². The highest BCUT2D eigenvalue weighted by molar-refractivity contribution is 5.96. The van der Waals surface area contributed by atoms with E-state index < -0.39 is 16.7 Å². The van der Waals surface area contributed by atoms with Gasteiger partial charge in [0.25, 0.3) is 5.69 Å². The number of anilines is 1. The molecule has 10 heteroatoms. The molecule has 0 bridgehead atoms. The number of halogens is 4. The number of carbonyl (C=O) groups excluding carboxylic acids is 1. The van der Waals surface area contributed by atoms with Gasteiger partial charge in [-0.1, -0.05) is 6.07 Å². The number of alkyl halides is 3. The van der Waals surface area contributed by atoms with E-state index in [0.29, 0.717) is 44.0 Å². The minimum atomic E-state index is -4.37. The molecule has 0 atom stereocenters. The third kappa shape index (κ3) is 5.93. The van der Waals surface area contributed by atoms with Crippen LogP contribution in [-0.2, 0) is 6.18 Å². The van der Waals surface area contributed by atoms with Crippen molar-refractivity contribution >= 4 is 29.6 Å². The lowest BCUT2D eigenvalue weighted by Gasteiger charge is -2.36. The molecule has 0 N–H and O–H groups in total. The van der Waals surface area contributed by atoms with Crippen LogP contribution in [0.3, 0.4) is 0 Å². The Morgan fingerprint density at radius 3 is 2.23 bits per heavy atom. The molecule has 6 nitrogen and oxygen atoms in total. The van der Waals surface area contributed by atoms with Crippen LogP contribution >= 0.6 is 12.4 Å². The largest absolute Gasteiger partial charge is 0.416 e. The lowest BCUT2D eigenvalue weighted by Crippen LogP contribution is -2.47. The van der Waals surface area contributed by atoms with Gasteiger partial charge >= 0.3 is 6.18 Å². The second-order valence-electron chi connectivity index (χ2n) is 6.85. The van der Waals surface area contributed by atoms with Gasteiger partial charge in [-0.2, -0.15) is 13.2 Å². The fourth-order valence-electron chi connectivity index (χ4n) is 3.28. The molecule has 0 amide bonds. The molecule has 30 heavy (non-hydrogen) atoms. The van der Waals surface area contributed by atoms with E-state index in [9.17, 15) is 28.1 Å². The summed E-state index contributed by atoms with van der Waals surface area (Å²) in [7, 11) is 0. The normalized spacial score (nSPS) is 14.8. The van der Waals surface area contributed by atoms with E-state index in [0.717, 1.165) is 12.1 Å². The van der Waals surface area contributed by atoms with Gasteiger partial charge in [0.15, 0.2) is 5.78 Å². The van der Waals surface area contributed by atoms with Gasteiger partial charge in [0.2, 0.25) is 0 Å². The van der Waals surface area contributed by atoms with E-state index in [1.807, 2.05) is 4.90 Å². The third-order valence-electron chi connectivity index (χ3n) is 4.97. The summed E-state index contributed by atoms with van der Waals surface area (Å²) in [4.78, 5) is 26.4. The number of nitrogens with zero attached hydrogens (tertiary/aromatic N) is 3. The number of benzene rings is 2. The fourth-order valence-corrected chi connectivity index (χ4v) is 3.28. The van der Waals surface area contributed by atoms with Gasteiger partial charge in [-0.15, -0.1) is 12.4 Å². The van der Waals surface area contributed by atoms with Crippen molar-refractivity contribution in [2.75, 3.05) is 37.6 Å². The fraction of sp³-hybridized carbons (Fsp3) is 0.350. The van der Waals surface area contributed by atoms with Crippen molar-refractivity contribution in [1.82, 2.24) is 4.90 Å². The zero-order chi connectivity index (χ0) is 21.0. The van der Waals surface area contributed by atoms with Gasteiger partial charge in [0.1, 0.15) is 0 Å². The molecule has 0 radical (unpaired) electrons. The molecule has 1 fully saturated rings. The summed E-state index contributed by atoms with van der Waals surface area (Å²) >= 11 is 0. The van der Waals surface area contributed by atoms with E-state index in [4.69, 9.17) is 0 Å². The molecule has 1 heterocycles. The Bertz CT molecular complexity index is 883. The minimum Gasteiger partial charge on any atom is -0.369 e. The molecular weight excluding hydrogens is 423 g/mol. The van der Waals surface area contributed by atoms with Gasteiger partial charge in [0, 0.05) is 62.5 Å². The van der Waals surface area contributed by atoms with Gasteiger partial charge < -0.3 is 4.90 Å². The highest BCUT2D eigenvalue weighted by Crippen LogP contribution is 2.31. The first-order chi connectivity index (χ1) is 13.7. The van der Waals surface area contributed by atoms with E-state index in [-0.39, 0.29) is 30.3 Å². The van der Waals surface area contributed by atoms with E-state index in [1.165, 1.54) is 30.3 Å². The average molecular weight is 444 g/mol. The quantitative estimate of drug-likeness (QED) is 0.375. The predicted octanol–water partition coefficient (Wildman–Crippen LogP) is 4.43. The number of hydrogen-bond donors (Lipinski definition) is 0. The van der Waals surface area contributed by atoms with E-state index in [1.54, 1.807) is 6.07 Å². The molecule has 2 aromatic carbocycles. The van der Waals surface area contributed by atoms with Gasteiger partial charge in [-0.05, 0) is 30.3 Å². The standard InChI is InChI=1S/C20H20F3N3O3.ClH/c21-20(22,23)16-2-1-3-18(14-16)25-12-10-24(11-13-25)9-8-19(27)15-4-6-17(7-5-15)26(28)29;/h1-7,14H,8-13H2;1H. The summed E-state index contributed by atoms with van der Waals surface area (Å²) in [6.07, 6.45) is -4.09. The molecule has 3 rings (SSSR count). The number of non-ortho nitro benzene ring substituents is 1. The molecule has 0 aromatic heterocycles. The Balaban J connectivity index is 0.00000320. The number of Topliss-reactive ketones (excluding diaryl/α,β-unsaturated/α-hetero) is 1. The smallest absolute Gasteiger partial charge is 0.369 e. The Labute approximate surface area is 177 Å². The molecule has 1 aliphatic heterocycles. The number of ketones is 1. The van der Waals surface area contributed by atoms with Crippen LogP contribution in [0.4, 0.5) is 24.5 Å². The van der Waals surface area contributed by atoms with Crippen LogP contribution in [0.5, 0.6) is 0 Å². The Kier molecular flexibility index (Phi) is 7.80. The Morgan fingerprint density at radius 1 is 1.03 bits per heavy atom. The first-order valence-electron chi connectivity index (χ1n) is 9.16. The summed E-state index contributed by atoms with van der Waals surface area (Å²) < 4.78 is 38.6. The van der Waals surface area contributed by atoms with Crippen LogP contribution in [0, 0.1) is 10.1 Å². The van der Waals surface area contributed by atoms with Gasteiger partial charge in [0.05, 0.1) is 10.5 Å². The van der Waals surface area contributed by atoms with Crippen LogP contribution in [0.25, 0.3) is 0 Å². The second-order valence-corrected chi connectivity index (χ2v) is 6.85. The first-order valence-corrected chi connectivity index (χ1v) is 9.16. The number of nitro benzene ring substituents is 1. The summed E-state index contributed by atoms with van der Waals surface area (Å²) in [5, 5.41) is 10.7. The molecular formula is C20H21ClF3N3O3. The maximum atomic E-state index is 12.9. The van der Waals surface area contributed by atoms with Crippen LogP contribution < -0.4 is 4.90 Å². The number of rotatable bonds is 6. The van der Waals surface area contributed by atoms with Crippen LogP contribution in [0.2, 0.25) is 0 Å². The molecule has 162 valence electrons. The number of piperazine rings is 1.